The Balaban J connectivity index is 4.32. The molecule has 2 amide bonds. The fourth-order valence-electron chi connectivity index (χ4n) is 0.669. The van der Waals surface area contributed by atoms with Crippen LogP contribution in [0.4, 0.5) is 9.18 Å². The number of hydrogen-bond donors (Lipinski definition) is 2. The van der Waals surface area contributed by atoms with Crippen LogP contribution in [-0.2, 0) is 0 Å². The van der Waals surface area contributed by atoms with E-state index < -0.39 is 0 Å². The molecular formula is C10H15FN2O. The predicted octanol–water partition coefficient (Wildman–Crippen LogP) is 2.25. The van der Waals surface area contributed by atoms with Gasteiger partial charge in [-0.1, -0.05) is 12.2 Å². The Morgan fingerprint density at radius 2 is 1.86 bits per heavy atom. The van der Waals surface area contributed by atoms with Crippen molar-refractivity contribution in [3.05, 3.63) is 35.8 Å². The van der Waals surface area contributed by atoms with Crippen molar-refractivity contribution in [2.75, 3.05) is 7.05 Å². The van der Waals surface area contributed by atoms with Crippen LogP contribution < -0.4 is 10.6 Å². The fourth-order valence-corrected chi connectivity index (χ4v) is 0.669. The lowest BCUT2D eigenvalue weighted by Crippen LogP contribution is -2.31. The van der Waals surface area contributed by atoms with E-state index in [2.05, 4.69) is 10.6 Å². The van der Waals surface area contributed by atoms with Gasteiger partial charge in [-0.3, -0.25) is 0 Å². The van der Waals surface area contributed by atoms with Gasteiger partial charge in [0.2, 0.25) is 0 Å². The minimum absolute atomic E-state index is 0.330. The standard InChI is InChI=1S/C10H15FN2O/c1-4-8(11)6-7-9(5-2)13-10(14)12-3/h4-7H,1-3H3,(H2,12,13,14)/b7-6-,8-4+,9-5?. The number of halogens is 1. The molecule has 0 aromatic carbocycles. The quantitative estimate of drug-likeness (QED) is 0.671. The van der Waals surface area contributed by atoms with E-state index in [1.165, 1.54) is 25.3 Å². The molecule has 0 fully saturated rings. The summed E-state index contributed by atoms with van der Waals surface area (Å²) in [6, 6.07) is -0.330. The highest BCUT2D eigenvalue weighted by molar-refractivity contribution is 5.76. The third-order valence-electron chi connectivity index (χ3n) is 1.49. The maximum absolute atomic E-state index is 12.7. The highest BCUT2D eigenvalue weighted by atomic mass is 19.1. The summed E-state index contributed by atoms with van der Waals surface area (Å²) in [5.41, 5.74) is 0.543. The largest absolute Gasteiger partial charge is 0.341 e. The molecule has 3 nitrogen and oxygen atoms in total. The van der Waals surface area contributed by atoms with Gasteiger partial charge in [0.1, 0.15) is 5.83 Å². The maximum atomic E-state index is 12.7. The first-order valence-corrected chi connectivity index (χ1v) is 4.29. The Labute approximate surface area is 83.4 Å². The van der Waals surface area contributed by atoms with Crippen molar-refractivity contribution < 1.29 is 9.18 Å². The highest BCUT2D eigenvalue weighted by Crippen LogP contribution is 2.00. The second-order valence-corrected chi connectivity index (χ2v) is 2.46. The minimum Gasteiger partial charge on any atom is -0.341 e. The maximum Gasteiger partial charge on any atom is 0.318 e. The van der Waals surface area contributed by atoms with Gasteiger partial charge in [-0.25, -0.2) is 9.18 Å². The summed E-state index contributed by atoms with van der Waals surface area (Å²) in [6.07, 6.45) is 5.79. The van der Waals surface area contributed by atoms with Gasteiger partial charge in [0.05, 0.1) is 0 Å². The SMILES string of the molecule is CC=C(/C=C\C(F)=C/C)NC(=O)NC. The van der Waals surface area contributed by atoms with Gasteiger partial charge < -0.3 is 10.6 Å². The molecule has 2 N–H and O–H groups in total. The molecule has 0 aromatic heterocycles. The minimum atomic E-state index is -0.344. The summed E-state index contributed by atoms with van der Waals surface area (Å²) in [5, 5.41) is 4.92. The van der Waals surface area contributed by atoms with E-state index in [0.29, 0.717) is 5.70 Å². The molecule has 0 bridgehead atoms. The molecule has 0 heterocycles. The number of allylic oxidation sites excluding steroid dienone is 5. The Bertz CT molecular complexity index is 280. The molecule has 0 saturated heterocycles. The molecule has 0 saturated carbocycles. The smallest absolute Gasteiger partial charge is 0.318 e. The van der Waals surface area contributed by atoms with Crippen LogP contribution in [0.5, 0.6) is 0 Å². The Morgan fingerprint density at radius 3 is 2.29 bits per heavy atom. The van der Waals surface area contributed by atoms with Crippen LogP contribution in [0.2, 0.25) is 0 Å². The molecule has 0 unspecified atom stereocenters. The lowest BCUT2D eigenvalue weighted by atomic mass is 10.3. The van der Waals surface area contributed by atoms with E-state index in [0.717, 1.165) is 0 Å². The Morgan fingerprint density at radius 1 is 1.21 bits per heavy atom. The molecule has 78 valence electrons. The summed E-state index contributed by atoms with van der Waals surface area (Å²) in [5.74, 6) is -0.344. The second-order valence-electron chi connectivity index (χ2n) is 2.46. The van der Waals surface area contributed by atoms with Crippen molar-refractivity contribution >= 4 is 6.03 Å². The first-order valence-electron chi connectivity index (χ1n) is 4.29. The van der Waals surface area contributed by atoms with Crippen molar-refractivity contribution in [2.45, 2.75) is 13.8 Å². The summed E-state index contributed by atoms with van der Waals surface area (Å²) < 4.78 is 12.7. The molecule has 0 aliphatic heterocycles. The number of hydrogen-bond acceptors (Lipinski definition) is 1. The molecule has 0 aliphatic carbocycles. The van der Waals surface area contributed by atoms with Gasteiger partial charge in [0, 0.05) is 12.7 Å². The molecule has 4 heteroatoms. The highest BCUT2D eigenvalue weighted by Gasteiger charge is 1.96. The van der Waals surface area contributed by atoms with E-state index in [4.69, 9.17) is 0 Å². The average molecular weight is 198 g/mol. The zero-order valence-electron chi connectivity index (χ0n) is 8.60. The molecule has 0 rings (SSSR count). The van der Waals surface area contributed by atoms with Crippen molar-refractivity contribution in [3.8, 4) is 0 Å². The third kappa shape index (κ3) is 5.13. The zero-order valence-corrected chi connectivity index (χ0v) is 8.60. The predicted molar refractivity (Wildman–Crippen MR) is 55.4 cm³/mol. The van der Waals surface area contributed by atoms with Crippen LogP contribution in [0.15, 0.2) is 35.8 Å². The number of rotatable bonds is 3. The van der Waals surface area contributed by atoms with Crippen LogP contribution in [0, 0.1) is 0 Å². The lowest BCUT2D eigenvalue weighted by Gasteiger charge is -2.03. The molecule has 0 radical (unpaired) electrons. The van der Waals surface area contributed by atoms with Crippen molar-refractivity contribution in [3.63, 3.8) is 0 Å². The molecule has 0 aliphatic rings. The van der Waals surface area contributed by atoms with E-state index >= 15 is 0 Å². The zero-order chi connectivity index (χ0) is 11.0. The lowest BCUT2D eigenvalue weighted by molar-refractivity contribution is 0.245. The summed E-state index contributed by atoms with van der Waals surface area (Å²) >= 11 is 0. The van der Waals surface area contributed by atoms with Gasteiger partial charge in [-0.2, -0.15) is 0 Å². The third-order valence-corrected chi connectivity index (χ3v) is 1.49. The van der Waals surface area contributed by atoms with Crippen molar-refractivity contribution in [1.82, 2.24) is 10.6 Å². The first-order chi connectivity index (χ1) is 6.63. The number of carbonyl (C=O) groups is 1. The van der Waals surface area contributed by atoms with Crippen LogP contribution >= 0.6 is 0 Å². The van der Waals surface area contributed by atoms with Gasteiger partial charge in [0.25, 0.3) is 0 Å². The van der Waals surface area contributed by atoms with Crippen LogP contribution in [0.3, 0.4) is 0 Å². The first kappa shape index (κ1) is 12.4. The van der Waals surface area contributed by atoms with Gasteiger partial charge >= 0.3 is 6.03 Å². The summed E-state index contributed by atoms with van der Waals surface area (Å²) in [7, 11) is 1.51. The van der Waals surface area contributed by atoms with Gasteiger partial charge in [-0.05, 0) is 26.0 Å². The van der Waals surface area contributed by atoms with Crippen LogP contribution in [-0.4, -0.2) is 13.1 Å². The topological polar surface area (TPSA) is 41.1 Å². The summed E-state index contributed by atoms with van der Waals surface area (Å²) in [6.45, 7) is 3.35. The van der Waals surface area contributed by atoms with Gasteiger partial charge in [-0.15, -0.1) is 0 Å². The molecule has 14 heavy (non-hydrogen) atoms. The van der Waals surface area contributed by atoms with E-state index in [1.54, 1.807) is 19.9 Å². The second kappa shape index (κ2) is 6.88. The monoisotopic (exact) mass is 198 g/mol. The number of carbonyl (C=O) groups excluding carboxylic acids is 1. The average Bonchev–Trinajstić information content (AvgIpc) is 2.22. The fraction of sp³-hybridized carbons (Fsp3) is 0.300. The molecule has 0 spiro atoms. The molecular weight excluding hydrogens is 183 g/mol. The van der Waals surface area contributed by atoms with Crippen molar-refractivity contribution in [2.24, 2.45) is 0 Å². The number of urea groups is 1. The van der Waals surface area contributed by atoms with E-state index in [9.17, 15) is 9.18 Å². The van der Waals surface area contributed by atoms with Gasteiger partial charge in [0.15, 0.2) is 0 Å². The van der Waals surface area contributed by atoms with E-state index in [-0.39, 0.29) is 11.9 Å². The normalized spacial score (nSPS) is 13.1. The van der Waals surface area contributed by atoms with Crippen LogP contribution in [0.1, 0.15) is 13.8 Å². The van der Waals surface area contributed by atoms with Crippen molar-refractivity contribution in [1.29, 1.82) is 0 Å². The number of nitrogens with one attached hydrogen (secondary N) is 2. The Hall–Kier alpha value is -1.58. The Kier molecular flexibility index (Phi) is 6.11. The summed E-state index contributed by atoms with van der Waals surface area (Å²) in [4.78, 5) is 10.9. The number of amides is 2. The van der Waals surface area contributed by atoms with E-state index in [1.807, 2.05) is 0 Å². The molecule has 0 aromatic rings. The molecule has 0 atom stereocenters. The van der Waals surface area contributed by atoms with Crippen LogP contribution in [0.25, 0.3) is 0 Å².